The molecule has 0 saturated carbocycles. The Kier molecular flexibility index (Phi) is 5.11. The number of hydrogen-bond acceptors (Lipinski definition) is 6. The van der Waals surface area contributed by atoms with Gasteiger partial charge in [0.25, 0.3) is 5.56 Å². The van der Waals surface area contributed by atoms with E-state index in [0.717, 1.165) is 9.35 Å². The molecule has 0 bridgehead atoms. The fourth-order valence-corrected chi connectivity index (χ4v) is 3.83. The molecule has 3 aromatic rings. The highest BCUT2D eigenvalue weighted by Crippen LogP contribution is 2.22. The summed E-state index contributed by atoms with van der Waals surface area (Å²) in [5, 5.41) is 14.4. The van der Waals surface area contributed by atoms with Gasteiger partial charge in [0.05, 0.1) is 5.69 Å². The third-order valence-electron chi connectivity index (χ3n) is 3.07. The van der Waals surface area contributed by atoms with Gasteiger partial charge in [-0.1, -0.05) is 41.3 Å². The minimum atomic E-state index is -0.227. The average Bonchev–Trinajstić information content (AvgIpc) is 3.14. The van der Waals surface area contributed by atoms with Crippen molar-refractivity contribution in [1.82, 2.24) is 20.0 Å². The van der Waals surface area contributed by atoms with Gasteiger partial charge in [0, 0.05) is 18.2 Å². The zero-order valence-corrected chi connectivity index (χ0v) is 14.5. The van der Waals surface area contributed by atoms with Crippen molar-refractivity contribution in [2.75, 3.05) is 11.1 Å². The molecule has 0 unspecified atom stereocenters. The molecule has 0 aliphatic heterocycles. The number of rotatable bonds is 6. The van der Waals surface area contributed by atoms with E-state index in [0.29, 0.717) is 23.7 Å². The number of hydrogen-bond donors (Lipinski definition) is 2. The number of H-pyrrole nitrogens is 1. The van der Waals surface area contributed by atoms with Crippen LogP contribution in [0.4, 0.5) is 5.82 Å². The highest BCUT2D eigenvalue weighted by molar-refractivity contribution is 8.01. The second kappa shape index (κ2) is 7.45. The number of aryl methyl sites for hydroxylation is 1. The number of aromatic nitrogens is 4. The van der Waals surface area contributed by atoms with E-state index < -0.39 is 0 Å². The summed E-state index contributed by atoms with van der Waals surface area (Å²) in [6.07, 6.45) is 0.321. The summed E-state index contributed by atoms with van der Waals surface area (Å²) in [5.41, 5.74) is 0.486. The summed E-state index contributed by atoms with van der Waals surface area (Å²) in [7, 11) is 0. The van der Waals surface area contributed by atoms with Gasteiger partial charge in [-0.25, -0.2) is 4.68 Å². The lowest BCUT2D eigenvalue weighted by Gasteiger charge is -2.03. The minimum absolute atomic E-state index is 0.162. The largest absolute Gasteiger partial charge is 0.311 e. The van der Waals surface area contributed by atoms with E-state index in [1.807, 2.05) is 37.3 Å². The fourth-order valence-electron chi connectivity index (χ4n) is 2.01. The molecule has 7 nitrogen and oxygen atoms in total. The summed E-state index contributed by atoms with van der Waals surface area (Å²) < 4.78 is 2.23. The molecule has 2 N–H and O–H groups in total. The highest BCUT2D eigenvalue weighted by Gasteiger charge is 2.09. The molecule has 2 heterocycles. The number of carbonyl (C=O) groups excluding carboxylic acids is 1. The molecule has 0 saturated heterocycles. The normalized spacial score (nSPS) is 10.7. The predicted molar refractivity (Wildman–Crippen MR) is 95.0 cm³/mol. The summed E-state index contributed by atoms with van der Waals surface area (Å²) in [6.45, 7) is 1.89. The van der Waals surface area contributed by atoms with Gasteiger partial charge in [-0.05, 0) is 19.1 Å². The molecule has 0 spiro atoms. The molecule has 124 valence electrons. The van der Waals surface area contributed by atoms with Crippen LogP contribution in [0.5, 0.6) is 0 Å². The van der Waals surface area contributed by atoms with Crippen molar-refractivity contribution in [3.63, 3.8) is 0 Å². The van der Waals surface area contributed by atoms with Gasteiger partial charge in [0.2, 0.25) is 5.91 Å². The van der Waals surface area contributed by atoms with Crippen LogP contribution < -0.4 is 10.9 Å². The molecular formula is C15H15N5O2S2. The van der Waals surface area contributed by atoms with Crippen molar-refractivity contribution < 1.29 is 4.79 Å². The Morgan fingerprint density at radius 2 is 2.12 bits per heavy atom. The molecule has 0 aliphatic rings. The Hall–Kier alpha value is -2.39. The van der Waals surface area contributed by atoms with E-state index >= 15 is 0 Å². The van der Waals surface area contributed by atoms with Crippen LogP contribution in [0.15, 0.2) is 45.5 Å². The van der Waals surface area contributed by atoms with Crippen LogP contribution in [0.2, 0.25) is 0 Å². The first kappa shape index (κ1) is 16.5. The first-order valence-corrected chi connectivity index (χ1v) is 9.02. The van der Waals surface area contributed by atoms with Gasteiger partial charge in [0.15, 0.2) is 4.34 Å². The zero-order chi connectivity index (χ0) is 16.9. The topological polar surface area (TPSA) is 92.7 Å². The molecule has 0 fully saturated rings. The molecule has 0 aliphatic carbocycles. The summed E-state index contributed by atoms with van der Waals surface area (Å²) in [4.78, 5) is 24.0. The van der Waals surface area contributed by atoms with Crippen molar-refractivity contribution in [3.05, 3.63) is 51.8 Å². The third kappa shape index (κ3) is 4.12. The monoisotopic (exact) mass is 361 g/mol. The number of benzene rings is 1. The molecular weight excluding hydrogens is 346 g/mol. The van der Waals surface area contributed by atoms with E-state index in [1.54, 1.807) is 0 Å². The van der Waals surface area contributed by atoms with Gasteiger partial charge >= 0.3 is 0 Å². The molecule has 0 radical (unpaired) electrons. The van der Waals surface area contributed by atoms with Crippen molar-refractivity contribution in [2.45, 2.75) is 17.7 Å². The maximum Gasteiger partial charge on any atom is 0.273 e. The summed E-state index contributed by atoms with van der Waals surface area (Å²) >= 11 is 3.00. The Bertz CT molecular complexity index is 885. The summed E-state index contributed by atoms with van der Waals surface area (Å²) in [6, 6.07) is 10.5. The van der Waals surface area contributed by atoms with E-state index in [4.69, 9.17) is 0 Å². The van der Waals surface area contributed by atoms with E-state index in [9.17, 15) is 9.59 Å². The zero-order valence-electron chi connectivity index (χ0n) is 12.9. The Balaban J connectivity index is 1.56. The van der Waals surface area contributed by atoms with Gasteiger partial charge in [0.1, 0.15) is 10.8 Å². The SMILES string of the molecule is Cc1nnc(SCCC(=O)Nc2cc(=O)n(-c3ccccc3)[nH]2)s1. The van der Waals surface area contributed by atoms with Crippen LogP contribution in [0.1, 0.15) is 11.4 Å². The number of anilines is 1. The second-order valence-corrected chi connectivity index (χ2v) is 7.44. The van der Waals surface area contributed by atoms with Crippen LogP contribution in [0.3, 0.4) is 0 Å². The number of nitrogens with zero attached hydrogens (tertiary/aromatic N) is 3. The molecule has 0 atom stereocenters. The lowest BCUT2D eigenvalue weighted by Crippen LogP contribution is -2.13. The molecule has 1 aromatic carbocycles. The van der Waals surface area contributed by atoms with Gasteiger partial charge in [-0.15, -0.1) is 10.2 Å². The van der Waals surface area contributed by atoms with Crippen LogP contribution in [0, 0.1) is 6.92 Å². The quantitative estimate of drug-likeness (QED) is 0.658. The Morgan fingerprint density at radius 3 is 2.83 bits per heavy atom. The van der Waals surface area contributed by atoms with Gasteiger partial charge in [-0.2, -0.15) is 0 Å². The van der Waals surface area contributed by atoms with Crippen LogP contribution >= 0.6 is 23.1 Å². The average molecular weight is 361 g/mol. The lowest BCUT2D eigenvalue weighted by atomic mass is 10.3. The molecule has 2 aromatic heterocycles. The van der Waals surface area contributed by atoms with Gasteiger partial charge < -0.3 is 5.32 Å². The number of thioether (sulfide) groups is 1. The molecule has 3 rings (SSSR count). The lowest BCUT2D eigenvalue weighted by molar-refractivity contribution is -0.115. The van der Waals surface area contributed by atoms with Crippen molar-refractivity contribution in [1.29, 1.82) is 0 Å². The predicted octanol–water partition coefficient (Wildman–Crippen LogP) is 2.45. The highest BCUT2D eigenvalue weighted by atomic mass is 32.2. The first-order valence-electron chi connectivity index (χ1n) is 7.22. The number of nitrogens with one attached hydrogen (secondary N) is 2. The molecule has 9 heteroatoms. The maximum atomic E-state index is 12.0. The minimum Gasteiger partial charge on any atom is -0.311 e. The fraction of sp³-hybridized carbons (Fsp3) is 0.200. The van der Waals surface area contributed by atoms with E-state index in [2.05, 4.69) is 20.6 Å². The smallest absolute Gasteiger partial charge is 0.273 e. The van der Waals surface area contributed by atoms with Crippen LogP contribution in [-0.2, 0) is 4.79 Å². The maximum absolute atomic E-state index is 12.0. The molecule has 1 amide bonds. The molecule has 24 heavy (non-hydrogen) atoms. The van der Waals surface area contributed by atoms with Gasteiger partial charge in [-0.3, -0.25) is 14.7 Å². The van der Waals surface area contributed by atoms with E-state index in [1.165, 1.54) is 33.8 Å². The third-order valence-corrected chi connectivity index (χ3v) is 5.04. The number of carbonyl (C=O) groups is 1. The Morgan fingerprint density at radius 1 is 1.33 bits per heavy atom. The van der Waals surface area contributed by atoms with Crippen molar-refractivity contribution >= 4 is 34.8 Å². The number of amides is 1. The van der Waals surface area contributed by atoms with Crippen LogP contribution in [0.25, 0.3) is 5.69 Å². The standard InChI is InChI=1S/C15H15N5O2S2/c1-10-17-18-15(24-10)23-8-7-13(21)16-12-9-14(22)20(19-12)11-5-3-2-4-6-11/h2-6,9,19H,7-8H2,1H3,(H,16,21). The van der Waals surface area contributed by atoms with Crippen LogP contribution in [-0.4, -0.2) is 31.6 Å². The second-order valence-electron chi connectivity index (χ2n) is 4.91. The first-order chi connectivity index (χ1) is 11.6. The summed E-state index contributed by atoms with van der Waals surface area (Å²) in [5.74, 6) is 0.820. The van der Waals surface area contributed by atoms with E-state index in [-0.39, 0.29) is 11.5 Å². The number of aromatic amines is 1. The number of para-hydroxylation sites is 1. The van der Waals surface area contributed by atoms with Crippen molar-refractivity contribution in [3.8, 4) is 5.69 Å². The Labute approximate surface area is 146 Å². The van der Waals surface area contributed by atoms with Crippen molar-refractivity contribution in [2.24, 2.45) is 0 Å².